The number of fused-ring (bicyclic) bond motifs is 1. The Kier molecular flexibility index (Phi) is 4.93. The van der Waals surface area contributed by atoms with E-state index in [4.69, 9.17) is 4.74 Å². The first-order valence-corrected chi connectivity index (χ1v) is 8.05. The SMILES string of the molecule is CCOc1ccc(C(O)CN2CCNCC2)c2ccccc12. The fourth-order valence-corrected chi connectivity index (χ4v) is 3.10. The van der Waals surface area contributed by atoms with Gasteiger partial charge in [0.15, 0.2) is 0 Å². The van der Waals surface area contributed by atoms with Crippen molar-refractivity contribution >= 4 is 10.8 Å². The van der Waals surface area contributed by atoms with Crippen LogP contribution in [0, 0.1) is 0 Å². The van der Waals surface area contributed by atoms with E-state index in [0.717, 1.165) is 48.3 Å². The third kappa shape index (κ3) is 3.24. The molecule has 0 saturated carbocycles. The zero-order chi connectivity index (χ0) is 15.4. The van der Waals surface area contributed by atoms with Gasteiger partial charge in [-0.3, -0.25) is 4.90 Å². The maximum absolute atomic E-state index is 10.7. The van der Waals surface area contributed by atoms with Gasteiger partial charge in [0.2, 0.25) is 0 Å². The number of piperazine rings is 1. The lowest BCUT2D eigenvalue weighted by molar-refractivity contribution is 0.106. The molecule has 1 fully saturated rings. The van der Waals surface area contributed by atoms with E-state index in [1.807, 2.05) is 31.2 Å². The van der Waals surface area contributed by atoms with Gasteiger partial charge in [0, 0.05) is 38.1 Å². The molecule has 4 heteroatoms. The van der Waals surface area contributed by atoms with Crippen molar-refractivity contribution in [2.24, 2.45) is 0 Å². The molecule has 1 aliphatic rings. The topological polar surface area (TPSA) is 44.7 Å². The summed E-state index contributed by atoms with van der Waals surface area (Å²) >= 11 is 0. The van der Waals surface area contributed by atoms with Gasteiger partial charge >= 0.3 is 0 Å². The van der Waals surface area contributed by atoms with Crippen molar-refractivity contribution < 1.29 is 9.84 Å². The van der Waals surface area contributed by atoms with Gasteiger partial charge in [0.05, 0.1) is 12.7 Å². The van der Waals surface area contributed by atoms with E-state index in [9.17, 15) is 5.11 Å². The average Bonchev–Trinajstić information content (AvgIpc) is 2.56. The zero-order valence-corrected chi connectivity index (χ0v) is 13.1. The van der Waals surface area contributed by atoms with Gasteiger partial charge in [-0.1, -0.05) is 30.3 Å². The van der Waals surface area contributed by atoms with Crippen molar-refractivity contribution in [1.29, 1.82) is 0 Å². The van der Waals surface area contributed by atoms with Crippen molar-refractivity contribution in [2.45, 2.75) is 13.0 Å². The smallest absolute Gasteiger partial charge is 0.127 e. The minimum Gasteiger partial charge on any atom is -0.493 e. The van der Waals surface area contributed by atoms with Crippen molar-refractivity contribution in [3.63, 3.8) is 0 Å². The molecule has 0 aliphatic carbocycles. The van der Waals surface area contributed by atoms with Crippen LogP contribution >= 0.6 is 0 Å². The van der Waals surface area contributed by atoms with Crippen molar-refractivity contribution in [1.82, 2.24) is 10.2 Å². The Morgan fingerprint density at radius 1 is 1.14 bits per heavy atom. The maximum atomic E-state index is 10.7. The van der Waals surface area contributed by atoms with E-state index in [2.05, 4.69) is 22.3 Å². The summed E-state index contributed by atoms with van der Waals surface area (Å²) in [7, 11) is 0. The molecule has 1 atom stereocenters. The summed E-state index contributed by atoms with van der Waals surface area (Å²) in [6, 6.07) is 12.1. The lowest BCUT2D eigenvalue weighted by Gasteiger charge is -2.29. The predicted octanol–water partition coefficient (Wildman–Crippen LogP) is 2.18. The molecule has 1 aliphatic heterocycles. The Hall–Kier alpha value is -1.62. The first kappa shape index (κ1) is 15.3. The fraction of sp³-hybridized carbons (Fsp3) is 0.444. The van der Waals surface area contributed by atoms with Gasteiger partial charge in [-0.15, -0.1) is 0 Å². The molecule has 2 N–H and O–H groups in total. The van der Waals surface area contributed by atoms with E-state index in [-0.39, 0.29) is 0 Å². The van der Waals surface area contributed by atoms with E-state index in [0.29, 0.717) is 13.2 Å². The number of aliphatic hydroxyl groups is 1. The minimum absolute atomic E-state index is 0.473. The quantitative estimate of drug-likeness (QED) is 0.888. The fourth-order valence-electron chi connectivity index (χ4n) is 3.10. The molecule has 118 valence electrons. The van der Waals surface area contributed by atoms with Crippen LogP contribution in [0.15, 0.2) is 36.4 Å². The number of hydrogen-bond acceptors (Lipinski definition) is 4. The van der Waals surface area contributed by atoms with Gasteiger partial charge in [-0.25, -0.2) is 0 Å². The van der Waals surface area contributed by atoms with Gasteiger partial charge in [-0.05, 0) is 23.9 Å². The summed E-state index contributed by atoms with van der Waals surface area (Å²) in [6.07, 6.45) is -0.473. The van der Waals surface area contributed by atoms with Gasteiger partial charge < -0.3 is 15.2 Å². The van der Waals surface area contributed by atoms with Crippen molar-refractivity contribution in [2.75, 3.05) is 39.3 Å². The monoisotopic (exact) mass is 300 g/mol. The molecule has 0 bridgehead atoms. The number of hydrogen-bond donors (Lipinski definition) is 2. The lowest BCUT2D eigenvalue weighted by Crippen LogP contribution is -2.44. The molecule has 2 aromatic rings. The number of nitrogens with one attached hydrogen (secondary N) is 1. The second-order valence-corrected chi connectivity index (χ2v) is 5.70. The Bertz CT molecular complexity index is 624. The van der Waals surface area contributed by atoms with Crippen LogP contribution in [-0.4, -0.2) is 49.3 Å². The lowest BCUT2D eigenvalue weighted by atomic mass is 9.99. The number of benzene rings is 2. The van der Waals surface area contributed by atoms with E-state index >= 15 is 0 Å². The molecule has 2 aromatic carbocycles. The van der Waals surface area contributed by atoms with Crippen LogP contribution in [0.5, 0.6) is 5.75 Å². The van der Waals surface area contributed by atoms with Gasteiger partial charge in [0.25, 0.3) is 0 Å². The third-order valence-electron chi connectivity index (χ3n) is 4.22. The molecule has 0 aromatic heterocycles. The first-order chi connectivity index (χ1) is 10.8. The summed E-state index contributed by atoms with van der Waals surface area (Å²) in [6.45, 7) is 7.29. The van der Waals surface area contributed by atoms with E-state index in [1.165, 1.54) is 0 Å². The largest absolute Gasteiger partial charge is 0.493 e. The molecule has 22 heavy (non-hydrogen) atoms. The van der Waals surface area contributed by atoms with Crippen LogP contribution in [0.25, 0.3) is 10.8 Å². The van der Waals surface area contributed by atoms with Crippen molar-refractivity contribution in [3.8, 4) is 5.75 Å². The summed E-state index contributed by atoms with van der Waals surface area (Å²) in [5.41, 5.74) is 0.984. The van der Waals surface area contributed by atoms with Gasteiger partial charge in [-0.2, -0.15) is 0 Å². The number of β-amino-alcohol motifs (C(OH)–C–C–N with tert-alkyl or cyclic N) is 1. The summed E-state index contributed by atoms with van der Waals surface area (Å²) < 4.78 is 5.70. The molecular formula is C18H24N2O2. The Morgan fingerprint density at radius 2 is 1.86 bits per heavy atom. The zero-order valence-electron chi connectivity index (χ0n) is 13.1. The second-order valence-electron chi connectivity index (χ2n) is 5.70. The maximum Gasteiger partial charge on any atom is 0.127 e. The number of ether oxygens (including phenoxy) is 1. The first-order valence-electron chi connectivity index (χ1n) is 8.05. The second kappa shape index (κ2) is 7.09. The van der Waals surface area contributed by atoms with Gasteiger partial charge in [0.1, 0.15) is 5.75 Å². The Labute approximate surface area is 131 Å². The standard InChI is InChI=1S/C18H24N2O2/c1-2-22-18-8-7-15(14-5-3-4-6-16(14)18)17(21)13-20-11-9-19-10-12-20/h3-8,17,19,21H,2,9-13H2,1H3. The number of aliphatic hydroxyl groups excluding tert-OH is 1. The van der Waals surface area contributed by atoms with Crippen LogP contribution in [0.3, 0.4) is 0 Å². The van der Waals surface area contributed by atoms with Crippen LogP contribution in [-0.2, 0) is 0 Å². The van der Waals surface area contributed by atoms with E-state index < -0.39 is 6.10 Å². The highest BCUT2D eigenvalue weighted by atomic mass is 16.5. The molecule has 1 unspecified atom stereocenters. The molecular weight excluding hydrogens is 276 g/mol. The normalized spacial score (nSPS) is 17.5. The molecule has 0 spiro atoms. The summed E-state index contributed by atoms with van der Waals surface area (Å²) in [4.78, 5) is 2.31. The van der Waals surface area contributed by atoms with Crippen molar-refractivity contribution in [3.05, 3.63) is 42.0 Å². The number of nitrogens with zero attached hydrogens (tertiary/aromatic N) is 1. The predicted molar refractivity (Wildman–Crippen MR) is 89.4 cm³/mol. The minimum atomic E-state index is -0.473. The van der Waals surface area contributed by atoms with Crippen LogP contribution in [0.4, 0.5) is 0 Å². The highest BCUT2D eigenvalue weighted by Gasteiger charge is 2.18. The molecule has 3 rings (SSSR count). The van der Waals surface area contributed by atoms with E-state index in [1.54, 1.807) is 0 Å². The summed E-state index contributed by atoms with van der Waals surface area (Å²) in [5.74, 6) is 0.885. The third-order valence-corrected chi connectivity index (χ3v) is 4.22. The average molecular weight is 300 g/mol. The number of rotatable bonds is 5. The molecule has 1 heterocycles. The highest BCUT2D eigenvalue weighted by molar-refractivity contribution is 5.91. The highest BCUT2D eigenvalue weighted by Crippen LogP contribution is 2.32. The summed E-state index contributed by atoms with van der Waals surface area (Å²) in [5, 5.41) is 16.2. The van der Waals surface area contributed by atoms with Crippen LogP contribution in [0.2, 0.25) is 0 Å². The Morgan fingerprint density at radius 3 is 2.59 bits per heavy atom. The Balaban J connectivity index is 1.88. The van der Waals surface area contributed by atoms with Crippen LogP contribution in [0.1, 0.15) is 18.6 Å². The van der Waals surface area contributed by atoms with Crippen LogP contribution < -0.4 is 10.1 Å². The molecule has 0 radical (unpaired) electrons. The molecule has 4 nitrogen and oxygen atoms in total. The molecule has 1 saturated heterocycles. The molecule has 0 amide bonds.